The molecule has 0 saturated heterocycles. The van der Waals surface area contributed by atoms with Crippen molar-refractivity contribution in [2.45, 2.75) is 64.2 Å². The summed E-state index contributed by atoms with van der Waals surface area (Å²) in [5.74, 6) is -4.34. The molecule has 29 heavy (non-hydrogen) atoms. The predicted molar refractivity (Wildman–Crippen MR) is 108 cm³/mol. The van der Waals surface area contributed by atoms with Crippen molar-refractivity contribution in [3.8, 4) is 11.1 Å². The van der Waals surface area contributed by atoms with E-state index in [0.717, 1.165) is 49.3 Å². The Morgan fingerprint density at radius 2 is 1.66 bits per heavy atom. The Kier molecular flexibility index (Phi) is 6.99. The van der Waals surface area contributed by atoms with Gasteiger partial charge in [-0.3, -0.25) is 0 Å². The van der Waals surface area contributed by atoms with Crippen LogP contribution in [0.3, 0.4) is 0 Å². The molecule has 0 bridgehead atoms. The van der Waals surface area contributed by atoms with E-state index < -0.39 is 23.4 Å². The largest absolute Gasteiger partial charge is 0.478 e. The molecule has 0 radical (unpaired) electrons. The Bertz CT molecular complexity index is 847. The van der Waals surface area contributed by atoms with Gasteiger partial charge in [-0.05, 0) is 72.4 Å². The second-order valence-corrected chi connectivity index (χ2v) is 8.08. The van der Waals surface area contributed by atoms with E-state index >= 15 is 0 Å². The molecule has 0 aliphatic heterocycles. The lowest BCUT2D eigenvalue weighted by Crippen LogP contribution is -2.14. The van der Waals surface area contributed by atoms with E-state index in [2.05, 4.69) is 6.92 Å². The molecular formula is C24H27F3O2. The summed E-state index contributed by atoms with van der Waals surface area (Å²) in [5.41, 5.74) is 1.18. The third-order valence-corrected chi connectivity index (χ3v) is 6.10. The maximum absolute atomic E-state index is 13.7. The van der Waals surface area contributed by atoms with Gasteiger partial charge in [-0.1, -0.05) is 44.7 Å². The molecule has 156 valence electrons. The molecule has 1 fully saturated rings. The Balaban J connectivity index is 1.84. The van der Waals surface area contributed by atoms with Crippen molar-refractivity contribution in [1.29, 1.82) is 0 Å². The quantitative estimate of drug-likeness (QED) is 0.388. The predicted octanol–water partition coefficient (Wildman–Crippen LogP) is 7.32. The van der Waals surface area contributed by atoms with E-state index in [1.807, 2.05) is 0 Å². The molecule has 0 aromatic heterocycles. The fourth-order valence-electron chi connectivity index (χ4n) is 4.42. The lowest BCUT2D eigenvalue weighted by atomic mass is 9.76. The summed E-state index contributed by atoms with van der Waals surface area (Å²) in [6, 6.07) is 6.70. The van der Waals surface area contributed by atoms with Crippen LogP contribution < -0.4 is 0 Å². The second-order valence-electron chi connectivity index (χ2n) is 8.08. The van der Waals surface area contributed by atoms with Gasteiger partial charge in [0.15, 0.2) is 17.5 Å². The molecule has 5 heteroatoms. The van der Waals surface area contributed by atoms with E-state index in [1.54, 1.807) is 12.1 Å². The number of hydrogen-bond donors (Lipinski definition) is 1. The van der Waals surface area contributed by atoms with Crippen LogP contribution in [-0.4, -0.2) is 11.1 Å². The van der Waals surface area contributed by atoms with Gasteiger partial charge in [0.25, 0.3) is 0 Å². The number of hydrogen-bond acceptors (Lipinski definition) is 1. The summed E-state index contributed by atoms with van der Waals surface area (Å²) in [6.07, 6.45) is 9.35. The van der Waals surface area contributed by atoms with Crippen LogP contribution in [0.2, 0.25) is 0 Å². The first-order valence-corrected chi connectivity index (χ1v) is 10.4. The summed E-state index contributed by atoms with van der Waals surface area (Å²) in [4.78, 5) is 11.6. The van der Waals surface area contributed by atoms with E-state index in [1.165, 1.54) is 31.7 Å². The average Bonchev–Trinajstić information content (AvgIpc) is 2.72. The highest BCUT2D eigenvalue weighted by Gasteiger charge is 2.24. The molecule has 2 aromatic carbocycles. The monoisotopic (exact) mass is 404 g/mol. The van der Waals surface area contributed by atoms with Gasteiger partial charge in [-0.15, -0.1) is 0 Å². The van der Waals surface area contributed by atoms with Crippen molar-refractivity contribution in [1.82, 2.24) is 0 Å². The van der Waals surface area contributed by atoms with E-state index in [0.29, 0.717) is 5.92 Å². The van der Waals surface area contributed by atoms with Crippen molar-refractivity contribution in [2.24, 2.45) is 5.92 Å². The molecule has 0 amide bonds. The van der Waals surface area contributed by atoms with Gasteiger partial charge < -0.3 is 5.11 Å². The van der Waals surface area contributed by atoms with E-state index in [-0.39, 0.29) is 16.7 Å². The number of carbonyl (C=O) groups is 1. The highest BCUT2D eigenvalue weighted by molar-refractivity contribution is 5.96. The normalized spacial score (nSPS) is 19.3. The summed E-state index contributed by atoms with van der Waals surface area (Å²) >= 11 is 0. The molecule has 1 aliphatic rings. The number of carboxylic acids is 1. The maximum Gasteiger partial charge on any atom is 0.336 e. The maximum atomic E-state index is 13.7. The number of unbranched alkanes of at least 4 members (excludes halogenated alkanes) is 2. The van der Waals surface area contributed by atoms with Gasteiger partial charge in [0.2, 0.25) is 0 Å². The lowest BCUT2D eigenvalue weighted by molar-refractivity contribution is 0.0697. The average molecular weight is 404 g/mol. The van der Waals surface area contributed by atoms with Crippen LogP contribution in [0, 0.1) is 23.4 Å². The zero-order valence-corrected chi connectivity index (χ0v) is 16.7. The fraction of sp³-hybridized carbons (Fsp3) is 0.458. The summed E-state index contributed by atoms with van der Waals surface area (Å²) < 4.78 is 40.8. The van der Waals surface area contributed by atoms with Crippen LogP contribution >= 0.6 is 0 Å². The first kappa shape index (κ1) is 21.4. The van der Waals surface area contributed by atoms with Crippen LogP contribution in [0.15, 0.2) is 30.3 Å². The Morgan fingerprint density at radius 1 is 1.00 bits per heavy atom. The molecular weight excluding hydrogens is 377 g/mol. The van der Waals surface area contributed by atoms with Crippen molar-refractivity contribution in [3.63, 3.8) is 0 Å². The van der Waals surface area contributed by atoms with Gasteiger partial charge in [0.1, 0.15) is 0 Å². The molecule has 1 aliphatic carbocycles. The molecule has 0 atom stereocenters. The third kappa shape index (κ3) is 5.01. The van der Waals surface area contributed by atoms with Crippen LogP contribution in [0.4, 0.5) is 13.2 Å². The zero-order chi connectivity index (χ0) is 21.0. The highest BCUT2D eigenvalue weighted by atomic mass is 19.2. The number of rotatable bonds is 7. The standard InChI is InChI=1S/C24H27F3O2/c1-2-3-4-5-15-6-8-16(9-7-15)17-10-11-19(24(28)29)20(12-17)18-13-21(25)23(27)22(26)14-18/h10-16H,2-9H2,1H3,(H,28,29)/t15-,16-. The fourth-order valence-corrected chi connectivity index (χ4v) is 4.42. The topological polar surface area (TPSA) is 37.3 Å². The van der Waals surface area contributed by atoms with Crippen LogP contribution in [0.1, 0.15) is 80.1 Å². The summed E-state index contributed by atoms with van der Waals surface area (Å²) in [7, 11) is 0. The van der Waals surface area contributed by atoms with Crippen LogP contribution in [-0.2, 0) is 0 Å². The van der Waals surface area contributed by atoms with Gasteiger partial charge in [-0.25, -0.2) is 18.0 Å². The first-order chi connectivity index (χ1) is 13.9. The molecule has 3 rings (SSSR count). The smallest absolute Gasteiger partial charge is 0.336 e. The van der Waals surface area contributed by atoms with Crippen LogP contribution in [0.5, 0.6) is 0 Å². The second kappa shape index (κ2) is 9.47. The van der Waals surface area contributed by atoms with Crippen LogP contribution in [0.25, 0.3) is 11.1 Å². The van der Waals surface area contributed by atoms with E-state index in [9.17, 15) is 23.1 Å². The van der Waals surface area contributed by atoms with E-state index in [4.69, 9.17) is 0 Å². The molecule has 1 saturated carbocycles. The molecule has 0 unspecified atom stereocenters. The molecule has 0 spiro atoms. The van der Waals surface area contributed by atoms with Crippen molar-refractivity contribution >= 4 is 5.97 Å². The SMILES string of the molecule is CCCCC[C@H]1CC[C@H](c2ccc(C(=O)O)c(-c3cc(F)c(F)c(F)c3)c2)CC1. The third-order valence-electron chi connectivity index (χ3n) is 6.10. The highest BCUT2D eigenvalue weighted by Crippen LogP contribution is 2.39. The number of aromatic carboxylic acids is 1. The Labute approximate surface area is 169 Å². The summed E-state index contributed by atoms with van der Waals surface area (Å²) in [5, 5.41) is 9.50. The van der Waals surface area contributed by atoms with Crippen molar-refractivity contribution in [3.05, 3.63) is 58.9 Å². The lowest BCUT2D eigenvalue weighted by Gasteiger charge is -2.29. The van der Waals surface area contributed by atoms with Crippen molar-refractivity contribution in [2.75, 3.05) is 0 Å². The molecule has 0 heterocycles. The Hall–Kier alpha value is -2.30. The first-order valence-electron chi connectivity index (χ1n) is 10.4. The minimum Gasteiger partial charge on any atom is -0.478 e. The van der Waals surface area contributed by atoms with Gasteiger partial charge in [-0.2, -0.15) is 0 Å². The molecule has 2 aromatic rings. The van der Waals surface area contributed by atoms with Gasteiger partial charge in [0.05, 0.1) is 5.56 Å². The van der Waals surface area contributed by atoms with Crippen molar-refractivity contribution < 1.29 is 23.1 Å². The molecule has 2 nitrogen and oxygen atoms in total. The van der Waals surface area contributed by atoms with Gasteiger partial charge in [0, 0.05) is 0 Å². The number of benzene rings is 2. The summed E-state index contributed by atoms with van der Waals surface area (Å²) in [6.45, 7) is 2.20. The van der Waals surface area contributed by atoms with Gasteiger partial charge >= 0.3 is 5.97 Å². The minimum atomic E-state index is -1.55. The molecule has 1 N–H and O–H groups in total. The minimum absolute atomic E-state index is 0.0360. The Morgan fingerprint density at radius 3 is 2.24 bits per heavy atom. The number of halogens is 3. The zero-order valence-electron chi connectivity index (χ0n) is 16.7. The number of carboxylic acid groups (broad SMARTS) is 1.